The minimum atomic E-state index is -0.563. The standard InChI is InChI=1S/C15H13FN2O2S/c1-10-5-6-12(13(16)8-10)14(20)18-15-17-9-11(21-15)4-2-3-7-19/h5-6,8-9,19H,3,7H2,1H3,(H,17,18,20). The van der Waals surface area contributed by atoms with Gasteiger partial charge in [0.25, 0.3) is 5.91 Å². The normalized spacial score (nSPS) is 9.86. The zero-order chi connectivity index (χ0) is 15.2. The van der Waals surface area contributed by atoms with Crippen molar-refractivity contribution in [3.63, 3.8) is 0 Å². The van der Waals surface area contributed by atoms with Crippen LogP contribution in [0.4, 0.5) is 9.52 Å². The van der Waals surface area contributed by atoms with Crippen LogP contribution >= 0.6 is 11.3 Å². The van der Waals surface area contributed by atoms with Gasteiger partial charge in [-0.05, 0) is 24.6 Å². The summed E-state index contributed by atoms with van der Waals surface area (Å²) < 4.78 is 13.7. The van der Waals surface area contributed by atoms with Crippen LogP contribution in [0.5, 0.6) is 0 Å². The molecule has 108 valence electrons. The first-order valence-electron chi connectivity index (χ1n) is 6.23. The monoisotopic (exact) mass is 304 g/mol. The highest BCUT2D eigenvalue weighted by atomic mass is 32.1. The van der Waals surface area contributed by atoms with Crippen LogP contribution in [0, 0.1) is 24.6 Å². The van der Waals surface area contributed by atoms with Gasteiger partial charge in [-0.2, -0.15) is 0 Å². The van der Waals surface area contributed by atoms with Gasteiger partial charge in [-0.1, -0.05) is 29.2 Å². The minimum Gasteiger partial charge on any atom is -0.395 e. The first kappa shape index (κ1) is 15.2. The number of aliphatic hydroxyl groups excluding tert-OH is 1. The molecule has 1 amide bonds. The van der Waals surface area contributed by atoms with E-state index < -0.39 is 11.7 Å². The molecule has 0 aliphatic rings. The molecule has 0 radical (unpaired) electrons. The van der Waals surface area contributed by atoms with E-state index in [0.717, 1.165) is 5.56 Å². The Labute approximate surface area is 125 Å². The van der Waals surface area contributed by atoms with Gasteiger partial charge in [0.05, 0.1) is 23.2 Å². The topological polar surface area (TPSA) is 62.2 Å². The number of aliphatic hydroxyl groups is 1. The molecule has 0 aliphatic carbocycles. The van der Waals surface area contributed by atoms with Crippen molar-refractivity contribution in [3.8, 4) is 11.8 Å². The van der Waals surface area contributed by atoms with Crippen LogP contribution in [0.2, 0.25) is 0 Å². The molecule has 0 saturated heterocycles. The molecule has 1 heterocycles. The maximum absolute atomic E-state index is 13.7. The van der Waals surface area contributed by atoms with Crippen LogP contribution in [0.25, 0.3) is 0 Å². The van der Waals surface area contributed by atoms with E-state index in [1.165, 1.54) is 29.7 Å². The maximum Gasteiger partial charge on any atom is 0.260 e. The van der Waals surface area contributed by atoms with E-state index in [2.05, 4.69) is 22.1 Å². The number of hydrogen-bond acceptors (Lipinski definition) is 4. The van der Waals surface area contributed by atoms with Crippen molar-refractivity contribution in [2.45, 2.75) is 13.3 Å². The van der Waals surface area contributed by atoms with Gasteiger partial charge in [-0.15, -0.1) is 0 Å². The predicted molar refractivity (Wildman–Crippen MR) is 79.8 cm³/mol. The van der Waals surface area contributed by atoms with Gasteiger partial charge < -0.3 is 5.11 Å². The summed E-state index contributed by atoms with van der Waals surface area (Å²) in [5.41, 5.74) is 0.725. The number of nitrogens with one attached hydrogen (secondary N) is 1. The maximum atomic E-state index is 13.7. The Balaban J connectivity index is 2.08. The quantitative estimate of drug-likeness (QED) is 0.857. The van der Waals surface area contributed by atoms with E-state index in [4.69, 9.17) is 5.11 Å². The second kappa shape index (κ2) is 6.97. The summed E-state index contributed by atoms with van der Waals surface area (Å²) in [5.74, 6) is 4.47. The summed E-state index contributed by atoms with van der Waals surface area (Å²) in [6.07, 6.45) is 1.91. The number of carbonyl (C=O) groups excluding carboxylic acids is 1. The van der Waals surface area contributed by atoms with Crippen molar-refractivity contribution in [1.29, 1.82) is 0 Å². The Hall–Kier alpha value is -2.23. The zero-order valence-corrected chi connectivity index (χ0v) is 12.1. The number of rotatable bonds is 3. The number of thiazole rings is 1. The Morgan fingerprint density at radius 1 is 1.52 bits per heavy atom. The Bertz CT molecular complexity index is 716. The van der Waals surface area contributed by atoms with Crippen LogP contribution < -0.4 is 5.32 Å². The van der Waals surface area contributed by atoms with E-state index >= 15 is 0 Å². The second-order valence-corrected chi connectivity index (χ2v) is 5.27. The smallest absolute Gasteiger partial charge is 0.260 e. The van der Waals surface area contributed by atoms with Crippen molar-refractivity contribution in [2.75, 3.05) is 11.9 Å². The van der Waals surface area contributed by atoms with E-state index in [9.17, 15) is 9.18 Å². The van der Waals surface area contributed by atoms with Crippen LogP contribution in [-0.4, -0.2) is 22.6 Å². The van der Waals surface area contributed by atoms with E-state index in [0.29, 0.717) is 16.4 Å². The fraction of sp³-hybridized carbons (Fsp3) is 0.200. The SMILES string of the molecule is Cc1ccc(C(=O)Nc2ncc(C#CCCO)s2)c(F)c1. The largest absolute Gasteiger partial charge is 0.395 e. The number of aromatic nitrogens is 1. The van der Waals surface area contributed by atoms with Crippen molar-refractivity contribution in [3.05, 3.63) is 46.2 Å². The van der Waals surface area contributed by atoms with E-state index in [-0.39, 0.29) is 12.2 Å². The van der Waals surface area contributed by atoms with E-state index in [1.54, 1.807) is 13.0 Å². The fourth-order valence-electron chi connectivity index (χ4n) is 1.56. The molecule has 6 heteroatoms. The Morgan fingerprint density at radius 3 is 3.05 bits per heavy atom. The molecule has 1 aromatic carbocycles. The Kier molecular flexibility index (Phi) is 5.04. The molecular weight excluding hydrogens is 291 g/mol. The van der Waals surface area contributed by atoms with Crippen LogP contribution in [0.3, 0.4) is 0 Å². The predicted octanol–water partition coefficient (Wildman–Crippen LogP) is 2.58. The highest BCUT2D eigenvalue weighted by Crippen LogP contribution is 2.19. The molecule has 21 heavy (non-hydrogen) atoms. The summed E-state index contributed by atoms with van der Waals surface area (Å²) in [6, 6.07) is 4.42. The average molecular weight is 304 g/mol. The summed E-state index contributed by atoms with van der Waals surface area (Å²) in [6.45, 7) is 1.75. The number of benzene rings is 1. The third-order valence-corrected chi connectivity index (χ3v) is 3.37. The molecule has 0 atom stereocenters. The summed E-state index contributed by atoms with van der Waals surface area (Å²) >= 11 is 1.19. The molecule has 2 rings (SSSR count). The zero-order valence-electron chi connectivity index (χ0n) is 11.3. The van der Waals surface area contributed by atoms with Gasteiger partial charge in [0.1, 0.15) is 5.82 Å². The molecule has 2 aromatic rings. The number of hydrogen-bond donors (Lipinski definition) is 2. The third kappa shape index (κ3) is 4.12. The van der Waals surface area contributed by atoms with Crippen molar-refractivity contribution < 1.29 is 14.3 Å². The minimum absolute atomic E-state index is 0.00208. The fourth-order valence-corrected chi connectivity index (χ4v) is 2.25. The average Bonchev–Trinajstić information content (AvgIpc) is 2.86. The lowest BCUT2D eigenvalue weighted by molar-refractivity contribution is 0.102. The van der Waals surface area contributed by atoms with Crippen LogP contribution in [0.1, 0.15) is 27.2 Å². The molecule has 2 N–H and O–H groups in total. The van der Waals surface area contributed by atoms with Crippen LogP contribution in [-0.2, 0) is 0 Å². The number of halogens is 1. The lowest BCUT2D eigenvalue weighted by atomic mass is 10.1. The van der Waals surface area contributed by atoms with E-state index in [1.807, 2.05) is 0 Å². The molecule has 0 saturated carbocycles. The summed E-state index contributed by atoms with van der Waals surface area (Å²) in [7, 11) is 0. The molecule has 0 bridgehead atoms. The highest BCUT2D eigenvalue weighted by Gasteiger charge is 2.13. The molecule has 0 fully saturated rings. The van der Waals surface area contributed by atoms with Gasteiger partial charge in [-0.25, -0.2) is 9.37 Å². The number of anilines is 1. The van der Waals surface area contributed by atoms with Gasteiger partial charge in [0, 0.05) is 6.42 Å². The molecule has 0 unspecified atom stereocenters. The first-order valence-corrected chi connectivity index (χ1v) is 7.05. The van der Waals surface area contributed by atoms with Gasteiger partial charge in [0.15, 0.2) is 5.13 Å². The lowest BCUT2D eigenvalue weighted by Crippen LogP contribution is -2.13. The number of aryl methyl sites for hydroxylation is 1. The highest BCUT2D eigenvalue weighted by molar-refractivity contribution is 7.16. The molecule has 0 spiro atoms. The molecule has 0 aliphatic heterocycles. The number of nitrogens with zero attached hydrogens (tertiary/aromatic N) is 1. The van der Waals surface area contributed by atoms with Crippen molar-refractivity contribution >= 4 is 22.4 Å². The van der Waals surface area contributed by atoms with Gasteiger partial charge >= 0.3 is 0 Å². The number of amides is 1. The Morgan fingerprint density at radius 2 is 2.33 bits per heavy atom. The van der Waals surface area contributed by atoms with Crippen molar-refractivity contribution in [1.82, 2.24) is 4.98 Å². The third-order valence-electron chi connectivity index (χ3n) is 2.54. The van der Waals surface area contributed by atoms with Crippen LogP contribution in [0.15, 0.2) is 24.4 Å². The van der Waals surface area contributed by atoms with Crippen molar-refractivity contribution in [2.24, 2.45) is 0 Å². The summed E-state index contributed by atoms with van der Waals surface area (Å²) in [5, 5.41) is 11.5. The second-order valence-electron chi connectivity index (χ2n) is 4.24. The molecule has 1 aromatic heterocycles. The van der Waals surface area contributed by atoms with Gasteiger partial charge in [-0.3, -0.25) is 10.1 Å². The first-order chi connectivity index (χ1) is 10.1. The lowest BCUT2D eigenvalue weighted by Gasteiger charge is -2.03. The summed E-state index contributed by atoms with van der Waals surface area (Å²) in [4.78, 5) is 16.6. The number of carbonyl (C=O) groups is 1. The molecule has 4 nitrogen and oxygen atoms in total. The molecular formula is C15H13FN2O2S. The van der Waals surface area contributed by atoms with Gasteiger partial charge in [0.2, 0.25) is 0 Å².